The molecule has 0 N–H and O–H groups in total. The minimum absolute atomic E-state index is 0.0344. The lowest BCUT2D eigenvalue weighted by Crippen LogP contribution is -2.48. The van der Waals surface area contributed by atoms with Crippen molar-refractivity contribution in [3.63, 3.8) is 0 Å². The quantitative estimate of drug-likeness (QED) is 0.386. The van der Waals surface area contributed by atoms with E-state index in [1.807, 2.05) is 48.2 Å². The summed E-state index contributed by atoms with van der Waals surface area (Å²) in [5, 5.41) is 4.12. The van der Waals surface area contributed by atoms with Crippen LogP contribution in [0.25, 0.3) is 11.4 Å². The third-order valence-corrected chi connectivity index (χ3v) is 6.25. The van der Waals surface area contributed by atoms with Gasteiger partial charge in [-0.15, -0.1) is 0 Å². The predicted molar refractivity (Wildman–Crippen MR) is 139 cm³/mol. The maximum atomic E-state index is 13.1. The van der Waals surface area contributed by atoms with E-state index in [0.717, 1.165) is 44.5 Å². The van der Waals surface area contributed by atoms with Crippen LogP contribution in [0.1, 0.15) is 48.5 Å². The summed E-state index contributed by atoms with van der Waals surface area (Å²) in [7, 11) is 0. The van der Waals surface area contributed by atoms with Crippen molar-refractivity contribution in [2.24, 2.45) is 0 Å². The Labute approximate surface area is 213 Å². The Hall–Kier alpha value is -3.39. The van der Waals surface area contributed by atoms with Crippen molar-refractivity contribution in [1.82, 2.24) is 19.9 Å². The fourth-order valence-electron chi connectivity index (χ4n) is 4.23. The molecule has 0 bridgehead atoms. The van der Waals surface area contributed by atoms with Crippen molar-refractivity contribution in [3.8, 4) is 22.9 Å². The van der Waals surface area contributed by atoms with Crippen molar-refractivity contribution in [2.75, 3.05) is 45.9 Å². The van der Waals surface area contributed by atoms with E-state index < -0.39 is 0 Å². The second-order valence-corrected chi connectivity index (χ2v) is 9.06. The summed E-state index contributed by atoms with van der Waals surface area (Å²) in [4.78, 5) is 21.9. The highest BCUT2D eigenvalue weighted by Gasteiger charge is 2.23. The van der Waals surface area contributed by atoms with E-state index in [4.69, 9.17) is 14.0 Å². The molecular weight excluding hydrogens is 456 g/mol. The molecule has 1 aliphatic rings. The van der Waals surface area contributed by atoms with Gasteiger partial charge >= 0.3 is 0 Å². The van der Waals surface area contributed by atoms with Crippen molar-refractivity contribution in [2.45, 2.75) is 40.0 Å². The first-order valence-corrected chi connectivity index (χ1v) is 12.9. The van der Waals surface area contributed by atoms with Crippen LogP contribution in [0, 0.1) is 6.92 Å². The van der Waals surface area contributed by atoms with Gasteiger partial charge in [0, 0.05) is 43.7 Å². The molecule has 1 aromatic heterocycles. The second kappa shape index (κ2) is 12.5. The van der Waals surface area contributed by atoms with Gasteiger partial charge < -0.3 is 18.9 Å². The zero-order valence-electron chi connectivity index (χ0n) is 21.5. The van der Waals surface area contributed by atoms with Crippen molar-refractivity contribution < 1.29 is 18.8 Å². The topological polar surface area (TPSA) is 80.9 Å². The van der Waals surface area contributed by atoms with Crippen LogP contribution < -0.4 is 9.47 Å². The Bertz CT molecular complexity index is 1120. The van der Waals surface area contributed by atoms with Crippen LogP contribution in [0.4, 0.5) is 0 Å². The van der Waals surface area contributed by atoms with Crippen LogP contribution in [0.15, 0.2) is 47.0 Å². The number of amides is 1. The number of hydrogen-bond acceptors (Lipinski definition) is 7. The van der Waals surface area contributed by atoms with E-state index in [1.165, 1.54) is 5.56 Å². The summed E-state index contributed by atoms with van der Waals surface area (Å²) >= 11 is 0. The monoisotopic (exact) mass is 492 g/mol. The summed E-state index contributed by atoms with van der Waals surface area (Å²) in [5.41, 5.74) is 2.80. The number of piperazine rings is 1. The minimum atomic E-state index is 0.0344. The highest BCUT2D eigenvalue weighted by Crippen LogP contribution is 2.29. The lowest BCUT2D eigenvalue weighted by molar-refractivity contribution is 0.0635. The lowest BCUT2D eigenvalue weighted by atomic mass is 10.1. The van der Waals surface area contributed by atoms with E-state index in [0.29, 0.717) is 55.1 Å². The molecule has 8 nitrogen and oxygen atoms in total. The standard InChI is InChI=1S/C28H36N4O4/c1-4-19-35-24-13-12-23(20-25(24)34-5-2)28(33)32-17-15-31(16-18-32)14-6-7-26-29-27(30-36-26)22-10-8-21(3)9-11-22/h8-13,20H,4-7,14-19H2,1-3H3. The number of carbonyl (C=O) groups excluding carboxylic acids is 1. The molecule has 3 aromatic rings. The first-order chi connectivity index (χ1) is 17.6. The maximum Gasteiger partial charge on any atom is 0.254 e. The van der Waals surface area contributed by atoms with Gasteiger partial charge in [0.05, 0.1) is 13.2 Å². The summed E-state index contributed by atoms with van der Waals surface area (Å²) in [6, 6.07) is 13.6. The van der Waals surface area contributed by atoms with Gasteiger partial charge in [-0.05, 0) is 51.4 Å². The number of rotatable bonds is 11. The average Bonchev–Trinajstić information content (AvgIpc) is 3.37. The predicted octanol–water partition coefficient (Wildman–Crippen LogP) is 4.62. The highest BCUT2D eigenvalue weighted by atomic mass is 16.5. The zero-order valence-corrected chi connectivity index (χ0v) is 21.5. The molecule has 0 unspecified atom stereocenters. The fourth-order valence-corrected chi connectivity index (χ4v) is 4.23. The van der Waals surface area contributed by atoms with Crippen LogP contribution >= 0.6 is 0 Å². The summed E-state index contributed by atoms with van der Waals surface area (Å²) in [5.74, 6) is 2.65. The molecule has 2 heterocycles. The zero-order chi connectivity index (χ0) is 25.3. The third kappa shape index (κ3) is 6.63. The molecule has 192 valence electrons. The first-order valence-electron chi connectivity index (χ1n) is 12.9. The van der Waals surface area contributed by atoms with Crippen LogP contribution in [-0.4, -0.2) is 71.8 Å². The van der Waals surface area contributed by atoms with Gasteiger partial charge in [0.25, 0.3) is 5.91 Å². The molecule has 0 spiro atoms. The highest BCUT2D eigenvalue weighted by molar-refractivity contribution is 5.95. The SMILES string of the molecule is CCCOc1ccc(C(=O)N2CCN(CCCc3nc(-c4ccc(C)cc4)no3)CC2)cc1OCC. The molecule has 2 aromatic carbocycles. The van der Waals surface area contributed by atoms with Gasteiger partial charge in [0.2, 0.25) is 11.7 Å². The largest absolute Gasteiger partial charge is 0.490 e. The smallest absolute Gasteiger partial charge is 0.254 e. The molecule has 1 aliphatic heterocycles. The van der Waals surface area contributed by atoms with Gasteiger partial charge in [-0.2, -0.15) is 4.98 Å². The van der Waals surface area contributed by atoms with Gasteiger partial charge in [-0.1, -0.05) is 41.9 Å². The molecule has 8 heteroatoms. The number of nitrogens with zero attached hydrogens (tertiary/aromatic N) is 4. The summed E-state index contributed by atoms with van der Waals surface area (Å²) < 4.78 is 16.9. The molecule has 1 saturated heterocycles. The molecule has 1 fully saturated rings. The molecule has 1 amide bonds. The van der Waals surface area contributed by atoms with E-state index in [-0.39, 0.29) is 5.91 Å². The summed E-state index contributed by atoms with van der Waals surface area (Å²) in [6.07, 6.45) is 2.59. The molecule has 0 saturated carbocycles. The van der Waals surface area contributed by atoms with Crippen molar-refractivity contribution in [1.29, 1.82) is 0 Å². The van der Waals surface area contributed by atoms with E-state index >= 15 is 0 Å². The molecule has 0 aliphatic carbocycles. The second-order valence-electron chi connectivity index (χ2n) is 9.06. The van der Waals surface area contributed by atoms with Gasteiger partial charge in [0.1, 0.15) is 0 Å². The number of benzene rings is 2. The summed E-state index contributed by atoms with van der Waals surface area (Å²) in [6.45, 7) is 11.2. The average molecular weight is 493 g/mol. The van der Waals surface area contributed by atoms with Gasteiger partial charge in [0.15, 0.2) is 11.5 Å². The van der Waals surface area contributed by atoms with Crippen molar-refractivity contribution >= 4 is 5.91 Å². The minimum Gasteiger partial charge on any atom is -0.490 e. The Morgan fingerprint density at radius 3 is 2.50 bits per heavy atom. The number of carbonyl (C=O) groups is 1. The molecule has 0 atom stereocenters. The third-order valence-electron chi connectivity index (χ3n) is 6.25. The molecular formula is C28H36N4O4. The number of aromatic nitrogens is 2. The Morgan fingerprint density at radius 1 is 1.00 bits per heavy atom. The van der Waals surface area contributed by atoms with Crippen molar-refractivity contribution in [3.05, 3.63) is 59.5 Å². The Balaban J connectivity index is 1.24. The Kier molecular flexibility index (Phi) is 8.95. The number of ether oxygens (including phenoxy) is 2. The normalized spacial score (nSPS) is 14.1. The number of hydrogen-bond donors (Lipinski definition) is 0. The Morgan fingerprint density at radius 2 is 1.78 bits per heavy atom. The maximum absolute atomic E-state index is 13.1. The van der Waals surface area contributed by atoms with E-state index in [2.05, 4.69) is 28.9 Å². The number of aryl methyl sites for hydroxylation is 2. The molecule has 36 heavy (non-hydrogen) atoms. The fraction of sp³-hybridized carbons (Fsp3) is 0.464. The first kappa shape index (κ1) is 25.7. The molecule has 0 radical (unpaired) electrons. The van der Waals surface area contributed by atoms with Crippen LogP contribution in [-0.2, 0) is 6.42 Å². The van der Waals surface area contributed by atoms with E-state index in [9.17, 15) is 4.79 Å². The van der Waals surface area contributed by atoms with Crippen LogP contribution in [0.2, 0.25) is 0 Å². The van der Waals surface area contributed by atoms with Crippen LogP contribution in [0.3, 0.4) is 0 Å². The van der Waals surface area contributed by atoms with E-state index in [1.54, 1.807) is 6.07 Å². The molecule has 4 rings (SSSR count). The lowest BCUT2D eigenvalue weighted by Gasteiger charge is -2.34. The van der Waals surface area contributed by atoms with Gasteiger partial charge in [-0.3, -0.25) is 9.69 Å². The van der Waals surface area contributed by atoms with Crippen LogP contribution in [0.5, 0.6) is 11.5 Å². The van der Waals surface area contributed by atoms with Gasteiger partial charge in [-0.25, -0.2) is 0 Å².